The first-order valence-corrected chi connectivity index (χ1v) is 16.4. The van der Waals surface area contributed by atoms with Crippen molar-refractivity contribution in [1.29, 1.82) is 0 Å². The second kappa shape index (κ2) is 13.2. The Morgan fingerprint density at radius 3 is 2.38 bits per heavy atom. The van der Waals surface area contributed by atoms with Crippen LogP contribution in [0.1, 0.15) is 79.4 Å². The van der Waals surface area contributed by atoms with Crippen LogP contribution >= 0.6 is 0 Å². The largest absolute Gasteiger partial charge is 0.507 e. The van der Waals surface area contributed by atoms with Crippen LogP contribution in [-0.2, 0) is 21.9 Å². The monoisotopic (exact) mass is 595 g/mol. The molecule has 0 spiro atoms. The SMILES string of the molecule is CC(C)(C)c1ccc(CCC(CNC(=O)c2ccccc2O)c2ccc(NS(C)(=O)=O)c(F)c2)c(N2CCCCC2)c1. The number of amides is 1. The molecule has 1 saturated heterocycles. The van der Waals surface area contributed by atoms with Gasteiger partial charge in [-0.3, -0.25) is 9.52 Å². The fourth-order valence-electron chi connectivity index (χ4n) is 5.43. The molecule has 1 aliphatic rings. The topological polar surface area (TPSA) is 98.7 Å². The Hall–Kier alpha value is -3.59. The standard InChI is InChI=1S/C33H42FN3O4S/c1-33(2,3)26-16-14-23(30(21-26)37-18-8-5-9-19-37)12-13-25(22-35-32(39)27-10-6-7-11-31(27)38)24-15-17-29(28(34)20-24)36-42(4,40)41/h6-7,10-11,14-17,20-21,25,36,38H,5,8-9,12-13,18-19,22H2,1-4H3,(H,35,39). The summed E-state index contributed by atoms with van der Waals surface area (Å²) in [7, 11) is -3.64. The molecule has 1 fully saturated rings. The summed E-state index contributed by atoms with van der Waals surface area (Å²) in [5.74, 6) is -1.48. The molecule has 1 aliphatic heterocycles. The Balaban J connectivity index is 1.62. The van der Waals surface area contributed by atoms with Gasteiger partial charge in [0.25, 0.3) is 5.91 Å². The molecule has 1 heterocycles. The van der Waals surface area contributed by atoms with E-state index in [9.17, 15) is 18.3 Å². The lowest BCUT2D eigenvalue weighted by Gasteiger charge is -2.33. The number of hydrogen-bond donors (Lipinski definition) is 3. The Bertz CT molecular complexity index is 1510. The van der Waals surface area contributed by atoms with Crippen LogP contribution in [-0.4, -0.2) is 45.3 Å². The molecule has 3 aromatic rings. The number of nitrogens with one attached hydrogen (secondary N) is 2. The first-order chi connectivity index (χ1) is 19.8. The number of aryl methyl sites for hydroxylation is 1. The van der Waals surface area contributed by atoms with Gasteiger partial charge in [-0.2, -0.15) is 0 Å². The summed E-state index contributed by atoms with van der Waals surface area (Å²) in [6.45, 7) is 8.87. The molecular weight excluding hydrogens is 553 g/mol. The van der Waals surface area contributed by atoms with Gasteiger partial charge in [-0.15, -0.1) is 0 Å². The van der Waals surface area contributed by atoms with E-state index in [0.29, 0.717) is 18.4 Å². The van der Waals surface area contributed by atoms with Gasteiger partial charge < -0.3 is 15.3 Å². The minimum Gasteiger partial charge on any atom is -0.507 e. The van der Waals surface area contributed by atoms with Crippen LogP contribution in [0.5, 0.6) is 5.75 Å². The predicted molar refractivity (Wildman–Crippen MR) is 168 cm³/mol. The zero-order chi connectivity index (χ0) is 30.5. The molecule has 0 bridgehead atoms. The number of aromatic hydroxyl groups is 1. The number of rotatable bonds is 10. The number of hydrogen-bond acceptors (Lipinski definition) is 5. The van der Waals surface area contributed by atoms with Crippen LogP contribution in [0.3, 0.4) is 0 Å². The molecule has 226 valence electrons. The van der Waals surface area contributed by atoms with E-state index in [4.69, 9.17) is 0 Å². The van der Waals surface area contributed by atoms with Gasteiger partial charge in [-0.1, -0.05) is 51.1 Å². The molecule has 0 aliphatic carbocycles. The third-order valence-electron chi connectivity index (χ3n) is 7.83. The summed E-state index contributed by atoms with van der Waals surface area (Å²) in [5.41, 5.74) is 4.42. The Morgan fingerprint density at radius 1 is 1.02 bits per heavy atom. The summed E-state index contributed by atoms with van der Waals surface area (Å²) >= 11 is 0. The first-order valence-electron chi connectivity index (χ1n) is 14.5. The van der Waals surface area contributed by atoms with E-state index in [1.807, 2.05) is 0 Å². The maximum atomic E-state index is 15.0. The van der Waals surface area contributed by atoms with Crippen molar-refractivity contribution in [3.8, 4) is 5.75 Å². The number of halogens is 1. The molecule has 1 atom stereocenters. The molecule has 0 aromatic heterocycles. The van der Waals surface area contributed by atoms with Gasteiger partial charge in [-0.05, 0) is 84.5 Å². The number of nitrogens with zero attached hydrogens (tertiary/aromatic N) is 1. The van der Waals surface area contributed by atoms with Crippen molar-refractivity contribution in [1.82, 2.24) is 5.32 Å². The van der Waals surface area contributed by atoms with Crippen LogP contribution in [0, 0.1) is 5.82 Å². The number of sulfonamides is 1. The number of phenolic OH excluding ortho intramolecular Hbond substituents is 1. The molecule has 9 heteroatoms. The van der Waals surface area contributed by atoms with E-state index < -0.39 is 21.7 Å². The Labute approximate surface area is 249 Å². The third-order valence-corrected chi connectivity index (χ3v) is 8.42. The normalized spacial score (nSPS) is 14.8. The molecular formula is C33H42FN3O4S. The van der Waals surface area contributed by atoms with Gasteiger partial charge >= 0.3 is 0 Å². The van der Waals surface area contributed by atoms with Gasteiger partial charge in [0.05, 0.1) is 17.5 Å². The van der Waals surface area contributed by atoms with Crippen molar-refractivity contribution in [2.75, 3.05) is 35.5 Å². The van der Waals surface area contributed by atoms with Crippen LogP contribution in [0.2, 0.25) is 0 Å². The van der Waals surface area contributed by atoms with E-state index in [0.717, 1.165) is 32.2 Å². The lowest BCUT2D eigenvalue weighted by Crippen LogP contribution is -2.31. The van der Waals surface area contributed by atoms with Crippen LogP contribution in [0.15, 0.2) is 60.7 Å². The highest BCUT2D eigenvalue weighted by Crippen LogP contribution is 2.34. The van der Waals surface area contributed by atoms with E-state index in [1.165, 1.54) is 41.4 Å². The molecule has 1 amide bonds. The number of para-hydroxylation sites is 1. The van der Waals surface area contributed by atoms with Crippen molar-refractivity contribution < 1.29 is 22.7 Å². The quantitative estimate of drug-likeness (QED) is 0.254. The smallest absolute Gasteiger partial charge is 0.255 e. The number of anilines is 2. The summed E-state index contributed by atoms with van der Waals surface area (Å²) in [6.07, 6.45) is 5.86. The van der Waals surface area contributed by atoms with Crippen LogP contribution < -0.4 is 14.9 Å². The van der Waals surface area contributed by atoms with E-state index >= 15 is 4.39 Å². The number of phenols is 1. The third kappa shape index (κ3) is 8.25. The number of benzene rings is 3. The Morgan fingerprint density at radius 2 is 1.74 bits per heavy atom. The van der Waals surface area contributed by atoms with Crippen molar-refractivity contribution in [2.24, 2.45) is 0 Å². The lowest BCUT2D eigenvalue weighted by atomic mass is 9.84. The highest BCUT2D eigenvalue weighted by atomic mass is 32.2. The Kier molecular flexibility index (Phi) is 9.82. The molecule has 3 N–H and O–H groups in total. The first kappa shape index (κ1) is 31.3. The average molecular weight is 596 g/mol. The van der Waals surface area contributed by atoms with Gasteiger partial charge in [0.1, 0.15) is 11.6 Å². The van der Waals surface area contributed by atoms with Crippen LogP contribution in [0.25, 0.3) is 0 Å². The summed E-state index contributed by atoms with van der Waals surface area (Å²) in [6, 6.07) is 17.5. The zero-order valence-corrected chi connectivity index (χ0v) is 25.7. The lowest BCUT2D eigenvalue weighted by molar-refractivity contribution is 0.0948. The fourth-order valence-corrected chi connectivity index (χ4v) is 6.00. The summed E-state index contributed by atoms with van der Waals surface area (Å²) < 4.78 is 40.6. The zero-order valence-electron chi connectivity index (χ0n) is 24.9. The fraction of sp³-hybridized carbons (Fsp3) is 0.424. The molecule has 42 heavy (non-hydrogen) atoms. The van der Waals surface area contributed by atoms with Crippen molar-refractivity contribution in [3.63, 3.8) is 0 Å². The predicted octanol–water partition coefficient (Wildman–Crippen LogP) is 6.34. The second-order valence-corrected chi connectivity index (χ2v) is 14.0. The van der Waals surface area contributed by atoms with Crippen molar-refractivity contribution in [2.45, 2.75) is 64.2 Å². The van der Waals surface area contributed by atoms with Crippen LogP contribution in [0.4, 0.5) is 15.8 Å². The molecule has 7 nitrogen and oxygen atoms in total. The average Bonchev–Trinajstić information content (AvgIpc) is 2.93. The molecule has 0 radical (unpaired) electrons. The maximum Gasteiger partial charge on any atom is 0.255 e. The summed E-state index contributed by atoms with van der Waals surface area (Å²) in [4.78, 5) is 15.4. The number of carbonyl (C=O) groups is 1. The van der Waals surface area contributed by atoms with E-state index in [1.54, 1.807) is 24.3 Å². The minimum atomic E-state index is -3.64. The van der Waals surface area contributed by atoms with Crippen molar-refractivity contribution in [3.05, 3.63) is 88.7 Å². The van der Waals surface area contributed by atoms with E-state index in [2.05, 4.69) is 53.9 Å². The molecule has 4 rings (SSSR count). The number of carbonyl (C=O) groups excluding carboxylic acids is 1. The van der Waals surface area contributed by atoms with Gasteiger partial charge in [0.2, 0.25) is 10.0 Å². The highest BCUT2D eigenvalue weighted by molar-refractivity contribution is 7.92. The minimum absolute atomic E-state index is 0.0121. The van der Waals surface area contributed by atoms with Gasteiger partial charge in [0, 0.05) is 31.2 Å². The second-order valence-electron chi connectivity index (χ2n) is 12.2. The maximum absolute atomic E-state index is 15.0. The molecule has 1 unspecified atom stereocenters. The number of piperidine rings is 1. The molecule has 3 aromatic carbocycles. The van der Waals surface area contributed by atoms with E-state index in [-0.39, 0.29) is 34.9 Å². The van der Waals surface area contributed by atoms with Crippen molar-refractivity contribution >= 4 is 27.3 Å². The van der Waals surface area contributed by atoms with Gasteiger partial charge in [-0.25, -0.2) is 12.8 Å². The highest BCUT2D eigenvalue weighted by Gasteiger charge is 2.22. The molecule has 0 saturated carbocycles. The summed E-state index contributed by atoms with van der Waals surface area (Å²) in [5, 5.41) is 13.0. The van der Waals surface area contributed by atoms with Gasteiger partial charge in [0.15, 0.2) is 0 Å².